The molecule has 5 heteroatoms. The fraction of sp³-hybridized carbons (Fsp3) is 0.500. The van der Waals surface area contributed by atoms with Gasteiger partial charge in [0, 0.05) is 34.6 Å². The second-order valence-electron chi connectivity index (χ2n) is 5.36. The van der Waals surface area contributed by atoms with E-state index in [1.807, 2.05) is 24.8 Å². The molecule has 0 bridgehead atoms. The van der Waals surface area contributed by atoms with E-state index in [0.717, 1.165) is 47.4 Å². The van der Waals surface area contributed by atoms with Gasteiger partial charge in [0.05, 0.1) is 5.69 Å². The zero-order chi connectivity index (χ0) is 15.6. The van der Waals surface area contributed by atoms with Crippen molar-refractivity contribution in [1.29, 1.82) is 0 Å². The Hall–Kier alpha value is -1.62. The van der Waals surface area contributed by atoms with Crippen LogP contribution in [0, 0.1) is 13.8 Å². The molecule has 1 amide bonds. The van der Waals surface area contributed by atoms with E-state index in [-0.39, 0.29) is 5.91 Å². The van der Waals surface area contributed by atoms with Crippen LogP contribution < -0.4 is 5.73 Å². The zero-order valence-electron chi connectivity index (χ0n) is 13.2. The number of nitrogens with zero attached hydrogens (tertiary/aromatic N) is 2. The first-order valence-corrected chi connectivity index (χ1v) is 8.26. The summed E-state index contributed by atoms with van der Waals surface area (Å²) < 4.78 is 1.05. The van der Waals surface area contributed by atoms with Crippen molar-refractivity contribution in [3.05, 3.63) is 22.3 Å². The van der Waals surface area contributed by atoms with Gasteiger partial charge in [-0.1, -0.05) is 13.8 Å². The van der Waals surface area contributed by atoms with Gasteiger partial charge < -0.3 is 10.6 Å². The number of aromatic nitrogens is 1. The number of carbonyl (C=O) groups excluding carboxylic acids is 1. The average molecular weight is 305 g/mol. The van der Waals surface area contributed by atoms with E-state index < -0.39 is 0 Å². The lowest BCUT2D eigenvalue weighted by atomic mass is 10.2. The molecule has 2 aromatic heterocycles. The maximum absolute atomic E-state index is 12.7. The van der Waals surface area contributed by atoms with E-state index in [1.165, 1.54) is 11.3 Å². The number of carbonyl (C=O) groups is 1. The van der Waals surface area contributed by atoms with Crippen molar-refractivity contribution in [1.82, 2.24) is 9.88 Å². The number of hydrogen-bond acceptors (Lipinski definition) is 4. The van der Waals surface area contributed by atoms with Gasteiger partial charge in [-0.05, 0) is 32.8 Å². The summed E-state index contributed by atoms with van der Waals surface area (Å²) in [7, 11) is 0. The van der Waals surface area contributed by atoms with Gasteiger partial charge in [0.25, 0.3) is 5.91 Å². The quantitative estimate of drug-likeness (QED) is 0.915. The van der Waals surface area contributed by atoms with Crippen molar-refractivity contribution in [2.24, 2.45) is 0 Å². The van der Waals surface area contributed by atoms with Gasteiger partial charge in [0.2, 0.25) is 0 Å². The Kier molecular flexibility index (Phi) is 4.83. The number of nitrogen functional groups attached to an aromatic ring is 1. The summed E-state index contributed by atoms with van der Waals surface area (Å²) in [5.74, 6) is 0.0504. The fourth-order valence-corrected chi connectivity index (χ4v) is 3.87. The Morgan fingerprint density at radius 1 is 1.29 bits per heavy atom. The van der Waals surface area contributed by atoms with Crippen LogP contribution >= 0.6 is 11.3 Å². The minimum absolute atomic E-state index is 0.0504. The number of pyridine rings is 1. The molecule has 4 nitrogen and oxygen atoms in total. The summed E-state index contributed by atoms with van der Waals surface area (Å²) >= 11 is 1.48. The van der Waals surface area contributed by atoms with E-state index in [9.17, 15) is 4.79 Å². The molecule has 21 heavy (non-hydrogen) atoms. The first kappa shape index (κ1) is 15.8. The van der Waals surface area contributed by atoms with E-state index in [4.69, 9.17) is 5.73 Å². The third-order valence-electron chi connectivity index (χ3n) is 3.49. The van der Waals surface area contributed by atoms with Crippen molar-refractivity contribution in [2.75, 3.05) is 18.8 Å². The maximum atomic E-state index is 12.7. The zero-order valence-corrected chi connectivity index (χ0v) is 14.0. The van der Waals surface area contributed by atoms with E-state index in [2.05, 4.69) is 18.8 Å². The van der Waals surface area contributed by atoms with Crippen LogP contribution in [0.5, 0.6) is 0 Å². The third-order valence-corrected chi connectivity index (χ3v) is 4.63. The van der Waals surface area contributed by atoms with Crippen molar-refractivity contribution in [2.45, 2.75) is 40.5 Å². The molecule has 2 aromatic rings. The minimum Gasteiger partial charge on any atom is -0.397 e. The molecule has 0 aromatic carbocycles. The maximum Gasteiger partial charge on any atom is 0.266 e. The van der Waals surface area contributed by atoms with Crippen LogP contribution in [0.25, 0.3) is 10.1 Å². The predicted molar refractivity (Wildman–Crippen MR) is 90.0 cm³/mol. The molecule has 0 aliphatic rings. The van der Waals surface area contributed by atoms with Gasteiger partial charge in [-0.3, -0.25) is 9.78 Å². The lowest BCUT2D eigenvalue weighted by Crippen LogP contribution is -2.32. The molecule has 0 radical (unpaired) electrons. The van der Waals surface area contributed by atoms with Crippen LogP contribution in [-0.2, 0) is 0 Å². The second-order valence-corrected chi connectivity index (χ2v) is 6.41. The number of hydrogen-bond donors (Lipinski definition) is 1. The molecule has 2 N–H and O–H groups in total. The Morgan fingerprint density at radius 2 is 1.90 bits per heavy atom. The van der Waals surface area contributed by atoms with E-state index in [0.29, 0.717) is 10.6 Å². The number of rotatable bonds is 5. The van der Waals surface area contributed by atoms with Crippen LogP contribution in [0.15, 0.2) is 6.07 Å². The number of fused-ring (bicyclic) bond motifs is 1. The summed E-state index contributed by atoms with van der Waals surface area (Å²) in [5, 5.41) is 0.932. The van der Waals surface area contributed by atoms with Crippen molar-refractivity contribution < 1.29 is 4.79 Å². The summed E-state index contributed by atoms with van der Waals surface area (Å²) in [5.41, 5.74) is 8.69. The number of anilines is 1. The lowest BCUT2D eigenvalue weighted by molar-refractivity contribution is 0.0761. The number of nitrogens with two attached hydrogens (primary N) is 1. The van der Waals surface area contributed by atoms with Crippen molar-refractivity contribution in [3.8, 4) is 0 Å². The molecule has 0 aliphatic carbocycles. The standard InChI is InChI=1S/C16H23N3OS/c1-5-7-19(8-6-2)16(20)15-14(17)13-11(4)18-10(3)9-12(13)21-15/h9H,5-8,17H2,1-4H3. The highest BCUT2D eigenvalue weighted by Crippen LogP contribution is 2.36. The topological polar surface area (TPSA) is 59.2 Å². The molecular formula is C16H23N3OS. The van der Waals surface area contributed by atoms with Crippen LogP contribution in [0.3, 0.4) is 0 Å². The Labute approximate surface area is 130 Å². The Morgan fingerprint density at radius 3 is 2.48 bits per heavy atom. The Bertz CT molecular complexity index is 657. The van der Waals surface area contributed by atoms with Crippen LogP contribution in [0.2, 0.25) is 0 Å². The second kappa shape index (κ2) is 6.43. The van der Waals surface area contributed by atoms with Gasteiger partial charge in [0.1, 0.15) is 4.88 Å². The number of aryl methyl sites for hydroxylation is 2. The molecular weight excluding hydrogens is 282 g/mol. The smallest absolute Gasteiger partial charge is 0.266 e. The van der Waals surface area contributed by atoms with Gasteiger partial charge >= 0.3 is 0 Å². The fourth-order valence-electron chi connectivity index (χ4n) is 2.64. The largest absolute Gasteiger partial charge is 0.397 e. The van der Waals surface area contributed by atoms with Gasteiger partial charge in [-0.25, -0.2) is 0 Å². The van der Waals surface area contributed by atoms with Crippen molar-refractivity contribution >= 4 is 33.0 Å². The van der Waals surface area contributed by atoms with Gasteiger partial charge in [0.15, 0.2) is 0 Å². The van der Waals surface area contributed by atoms with Crippen LogP contribution in [-0.4, -0.2) is 28.9 Å². The summed E-state index contributed by atoms with van der Waals surface area (Å²) in [4.78, 5) is 19.8. The SMILES string of the molecule is CCCN(CCC)C(=O)c1sc2cc(C)nc(C)c2c1N. The lowest BCUT2D eigenvalue weighted by Gasteiger charge is -2.20. The van der Waals surface area contributed by atoms with Crippen molar-refractivity contribution in [3.63, 3.8) is 0 Å². The number of amides is 1. The highest BCUT2D eigenvalue weighted by Gasteiger charge is 2.22. The molecule has 0 spiro atoms. The van der Waals surface area contributed by atoms with Crippen LogP contribution in [0.1, 0.15) is 47.7 Å². The molecule has 2 rings (SSSR count). The van der Waals surface area contributed by atoms with Gasteiger partial charge in [-0.2, -0.15) is 0 Å². The summed E-state index contributed by atoms with van der Waals surface area (Å²) in [6.07, 6.45) is 1.91. The molecule has 0 atom stereocenters. The first-order valence-electron chi connectivity index (χ1n) is 7.45. The highest BCUT2D eigenvalue weighted by atomic mass is 32.1. The van der Waals surface area contributed by atoms with Gasteiger partial charge in [-0.15, -0.1) is 11.3 Å². The molecule has 0 saturated carbocycles. The molecule has 0 fully saturated rings. The third kappa shape index (κ3) is 3.02. The molecule has 0 aliphatic heterocycles. The molecule has 0 unspecified atom stereocenters. The molecule has 114 valence electrons. The number of thiophene rings is 1. The minimum atomic E-state index is 0.0504. The first-order chi connectivity index (χ1) is 9.99. The molecule has 0 saturated heterocycles. The predicted octanol–water partition coefficient (Wildman–Crippen LogP) is 3.76. The molecule has 2 heterocycles. The van der Waals surface area contributed by atoms with E-state index >= 15 is 0 Å². The highest BCUT2D eigenvalue weighted by molar-refractivity contribution is 7.21. The summed E-state index contributed by atoms with van der Waals surface area (Å²) in [6, 6.07) is 2.00. The average Bonchev–Trinajstić information content (AvgIpc) is 2.74. The summed E-state index contributed by atoms with van der Waals surface area (Å²) in [6.45, 7) is 9.63. The monoisotopic (exact) mass is 305 g/mol. The normalized spacial score (nSPS) is 11.0. The van der Waals surface area contributed by atoms with Crippen LogP contribution in [0.4, 0.5) is 5.69 Å². The Balaban J connectivity index is 2.48. The van der Waals surface area contributed by atoms with E-state index in [1.54, 1.807) is 0 Å².